The molecule has 0 aliphatic heterocycles. The number of rotatable bonds is 15. The summed E-state index contributed by atoms with van der Waals surface area (Å²) < 4.78 is 0. The van der Waals surface area contributed by atoms with Crippen LogP contribution in [-0.2, 0) is 0 Å². The summed E-state index contributed by atoms with van der Waals surface area (Å²) in [6.45, 7) is 6.98. The summed E-state index contributed by atoms with van der Waals surface area (Å²) in [5.74, 6) is 1.96. The zero-order valence-electron chi connectivity index (χ0n) is 14.6. The van der Waals surface area contributed by atoms with E-state index in [-0.39, 0.29) is 0 Å². The Labute approximate surface area is 130 Å². The van der Waals surface area contributed by atoms with Crippen LogP contribution in [-0.4, -0.2) is 7.85 Å². The van der Waals surface area contributed by atoms with E-state index in [4.69, 9.17) is 7.85 Å². The monoisotopic (exact) mass is 278 g/mol. The maximum atomic E-state index is 5.67. The molecule has 0 nitrogen and oxygen atoms in total. The molecule has 0 aliphatic carbocycles. The molecule has 2 radical (unpaired) electrons. The van der Waals surface area contributed by atoms with Crippen LogP contribution >= 0.6 is 0 Å². The van der Waals surface area contributed by atoms with Gasteiger partial charge in [-0.15, -0.1) is 0 Å². The van der Waals surface area contributed by atoms with Gasteiger partial charge in [0.15, 0.2) is 0 Å². The molecule has 0 saturated heterocycles. The summed E-state index contributed by atoms with van der Waals surface area (Å²) in [6, 6.07) is 0. The van der Waals surface area contributed by atoms with E-state index in [1.54, 1.807) is 0 Å². The van der Waals surface area contributed by atoms with Crippen molar-refractivity contribution in [2.75, 3.05) is 0 Å². The van der Waals surface area contributed by atoms with E-state index in [2.05, 4.69) is 20.8 Å². The molecule has 0 aliphatic rings. The van der Waals surface area contributed by atoms with Crippen LogP contribution in [0.1, 0.15) is 104 Å². The van der Waals surface area contributed by atoms with Crippen molar-refractivity contribution in [3.63, 3.8) is 0 Å². The van der Waals surface area contributed by atoms with Crippen LogP contribution in [0.25, 0.3) is 0 Å². The first-order valence-electron chi connectivity index (χ1n) is 9.50. The molecule has 118 valence electrons. The summed E-state index contributed by atoms with van der Waals surface area (Å²) in [5, 5.41) is 0. The van der Waals surface area contributed by atoms with E-state index < -0.39 is 0 Å². The number of hydrogen-bond acceptors (Lipinski definition) is 0. The van der Waals surface area contributed by atoms with Gasteiger partial charge < -0.3 is 0 Å². The average Bonchev–Trinajstić information content (AvgIpc) is 2.45. The van der Waals surface area contributed by atoms with Crippen LogP contribution in [0.5, 0.6) is 0 Å². The van der Waals surface area contributed by atoms with E-state index in [1.165, 1.54) is 83.5 Å². The maximum absolute atomic E-state index is 5.67. The van der Waals surface area contributed by atoms with E-state index in [0.29, 0.717) is 0 Å². The van der Waals surface area contributed by atoms with Crippen LogP contribution in [0.15, 0.2) is 0 Å². The third kappa shape index (κ3) is 10.8. The first-order chi connectivity index (χ1) is 9.79. The Morgan fingerprint density at radius 1 is 0.550 bits per heavy atom. The van der Waals surface area contributed by atoms with Gasteiger partial charge in [-0.2, -0.15) is 0 Å². The average molecular weight is 278 g/mol. The number of hydrogen-bond donors (Lipinski definition) is 0. The molecule has 0 aromatic carbocycles. The predicted molar refractivity (Wildman–Crippen MR) is 94.6 cm³/mol. The van der Waals surface area contributed by atoms with E-state index in [1.807, 2.05) is 0 Å². The van der Waals surface area contributed by atoms with Gasteiger partial charge in [0.25, 0.3) is 0 Å². The minimum absolute atomic E-state index is 0.871. The van der Waals surface area contributed by atoms with Crippen LogP contribution in [0.2, 0.25) is 6.32 Å². The summed E-state index contributed by atoms with van der Waals surface area (Å²) >= 11 is 0. The first-order valence-corrected chi connectivity index (χ1v) is 9.50. The van der Waals surface area contributed by atoms with Gasteiger partial charge in [0.05, 0.1) is 7.85 Å². The highest BCUT2D eigenvalue weighted by atomic mass is 14.2. The Hall–Kier alpha value is 0.0649. The highest BCUT2D eigenvalue weighted by molar-refractivity contribution is 6.08. The molecule has 0 spiro atoms. The van der Waals surface area contributed by atoms with Crippen molar-refractivity contribution in [2.45, 2.75) is 111 Å². The smallest absolute Gasteiger partial charge is 0.0653 e. The van der Waals surface area contributed by atoms with Gasteiger partial charge in [0.1, 0.15) is 0 Å². The van der Waals surface area contributed by atoms with Crippen molar-refractivity contribution in [1.82, 2.24) is 0 Å². The lowest BCUT2D eigenvalue weighted by molar-refractivity contribution is 0.243. The minimum atomic E-state index is 0.871. The molecule has 0 bridgehead atoms. The molecule has 2 atom stereocenters. The fourth-order valence-corrected chi connectivity index (χ4v) is 3.47. The molecule has 0 aromatic heterocycles. The summed E-state index contributed by atoms with van der Waals surface area (Å²) in [4.78, 5) is 0. The molecule has 0 aromatic rings. The third-order valence-corrected chi connectivity index (χ3v) is 4.71. The normalized spacial score (nSPS) is 14.3. The second kappa shape index (κ2) is 15.5. The lowest BCUT2D eigenvalue weighted by Gasteiger charge is -2.27. The van der Waals surface area contributed by atoms with E-state index >= 15 is 0 Å². The van der Waals surface area contributed by atoms with Crippen LogP contribution in [0, 0.1) is 11.8 Å². The molecule has 1 unspecified atom stereocenters. The van der Waals surface area contributed by atoms with Crippen LogP contribution in [0.4, 0.5) is 0 Å². The van der Waals surface area contributed by atoms with Crippen molar-refractivity contribution in [1.29, 1.82) is 0 Å². The Morgan fingerprint density at radius 2 is 1.00 bits per heavy atom. The first kappa shape index (κ1) is 20.1. The highest BCUT2D eigenvalue weighted by Gasteiger charge is 2.19. The fourth-order valence-electron chi connectivity index (χ4n) is 3.47. The van der Waals surface area contributed by atoms with Crippen molar-refractivity contribution >= 4 is 7.85 Å². The summed E-state index contributed by atoms with van der Waals surface area (Å²) in [5.41, 5.74) is 0. The molecule has 0 saturated carbocycles. The van der Waals surface area contributed by atoms with Crippen LogP contribution < -0.4 is 0 Å². The lowest BCUT2D eigenvalue weighted by atomic mass is 9.78. The fraction of sp³-hybridized carbons (Fsp3) is 1.00. The molecular formula is C19H39B. The molecule has 0 amide bonds. The maximum Gasteiger partial charge on any atom is 0.0653 e. The molecule has 0 heterocycles. The van der Waals surface area contributed by atoms with Crippen molar-refractivity contribution in [2.24, 2.45) is 11.8 Å². The van der Waals surface area contributed by atoms with E-state index in [0.717, 1.165) is 18.2 Å². The van der Waals surface area contributed by atoms with Crippen molar-refractivity contribution in [3.05, 3.63) is 0 Å². The zero-order chi connectivity index (χ0) is 15.1. The molecule has 1 heteroatoms. The minimum Gasteiger partial charge on any atom is -0.0887 e. The Morgan fingerprint density at radius 3 is 1.40 bits per heavy atom. The van der Waals surface area contributed by atoms with Gasteiger partial charge in [-0.3, -0.25) is 0 Å². The Bertz CT molecular complexity index is 169. The Kier molecular flexibility index (Phi) is 15.5. The van der Waals surface area contributed by atoms with Gasteiger partial charge in [0.2, 0.25) is 0 Å². The highest BCUT2D eigenvalue weighted by Crippen LogP contribution is 2.32. The van der Waals surface area contributed by atoms with Gasteiger partial charge in [-0.05, 0) is 11.8 Å². The largest absolute Gasteiger partial charge is 0.0887 e. The van der Waals surface area contributed by atoms with E-state index in [9.17, 15) is 0 Å². The standard InChI is InChI=1S/C19H39B/c1-4-7-9-14-18(13-6-3)19(15-10-8-5-2)16-11-12-17-20/h18-19H,4-17H2,1-3H3/t18?,19-/m0/s1. The quantitative estimate of drug-likeness (QED) is 0.225. The molecule has 20 heavy (non-hydrogen) atoms. The summed E-state index contributed by atoms with van der Waals surface area (Å²) in [6.07, 6.45) is 19.0. The van der Waals surface area contributed by atoms with Crippen molar-refractivity contribution < 1.29 is 0 Å². The second-order valence-electron chi connectivity index (χ2n) is 6.58. The summed E-state index contributed by atoms with van der Waals surface area (Å²) in [7, 11) is 5.67. The molecule has 0 fully saturated rings. The molecule has 0 N–H and O–H groups in total. The van der Waals surface area contributed by atoms with Gasteiger partial charge >= 0.3 is 0 Å². The second-order valence-corrected chi connectivity index (χ2v) is 6.58. The predicted octanol–water partition coefficient (Wildman–Crippen LogP) is 6.94. The lowest BCUT2D eigenvalue weighted by Crippen LogP contribution is -2.15. The van der Waals surface area contributed by atoms with Crippen LogP contribution in [0.3, 0.4) is 0 Å². The topological polar surface area (TPSA) is 0 Å². The van der Waals surface area contributed by atoms with Gasteiger partial charge in [0, 0.05) is 0 Å². The SMILES string of the molecule is [B]CCCC[C@H](CCCCC)C(CCC)CCCCC. The van der Waals surface area contributed by atoms with Crippen molar-refractivity contribution in [3.8, 4) is 0 Å². The van der Waals surface area contributed by atoms with Gasteiger partial charge in [-0.25, -0.2) is 0 Å². The Balaban J connectivity index is 4.27. The zero-order valence-corrected chi connectivity index (χ0v) is 14.6. The molecular weight excluding hydrogens is 239 g/mol. The third-order valence-electron chi connectivity index (χ3n) is 4.71. The van der Waals surface area contributed by atoms with Gasteiger partial charge in [-0.1, -0.05) is 111 Å². The number of unbranched alkanes of at least 4 members (excludes halogenated alkanes) is 5. The molecule has 0 rings (SSSR count).